The predicted octanol–water partition coefficient (Wildman–Crippen LogP) is 6.60. The third-order valence-corrected chi connectivity index (χ3v) is 10.6. The fourth-order valence-electron chi connectivity index (χ4n) is 8.52. The standard InChI is InChI=1S/C26H31NO3.C5H11NO2.C4H9N.C2H6/c1-23(2)20-9-8-19-25(28)11-10-15-14-17-16-6-4-5-7-18(16)27-22(17)21(15)24(25,3)12-13-26(19,29-20)30-23;1-2-3-6-5(8)4-7;1-3-4-5-2;1-2/h4-8,15,20-21,27-28H,9-14H2,1-3H3;7H,2-4H2,1H3,(H,6,8);2-4H2,1H3;1-2H3/t15?,20?,21?,24?,25-,26?;;;/m1.../s1. The average molecular weight is 624 g/mol. The van der Waals surface area contributed by atoms with E-state index in [2.05, 4.69) is 80.0 Å². The molecular weight excluding hydrogens is 566 g/mol. The minimum Gasteiger partial charge on any atom is -0.387 e. The van der Waals surface area contributed by atoms with Crippen molar-refractivity contribution in [2.45, 2.75) is 129 Å². The first kappa shape index (κ1) is 35.3. The van der Waals surface area contributed by atoms with E-state index < -0.39 is 18.0 Å². The van der Waals surface area contributed by atoms with Crippen LogP contribution >= 0.6 is 0 Å². The zero-order valence-electron chi connectivity index (χ0n) is 28.7. The molecule has 6 atom stereocenters. The summed E-state index contributed by atoms with van der Waals surface area (Å²) in [4.78, 5) is 17.6. The highest BCUT2D eigenvalue weighted by atomic mass is 16.8. The number of aliphatic imine (C=N–C) groups is 1. The number of aromatic nitrogens is 1. The molecule has 4 N–H and O–H groups in total. The lowest BCUT2D eigenvalue weighted by Gasteiger charge is -2.61. The molecule has 1 aromatic heterocycles. The van der Waals surface area contributed by atoms with Crippen molar-refractivity contribution in [3.63, 3.8) is 0 Å². The minimum absolute atomic E-state index is 0.0809. The molecule has 2 aromatic rings. The van der Waals surface area contributed by atoms with Crippen molar-refractivity contribution in [2.24, 2.45) is 16.3 Å². The van der Waals surface area contributed by atoms with Crippen molar-refractivity contribution in [1.29, 1.82) is 0 Å². The van der Waals surface area contributed by atoms with Crippen molar-refractivity contribution in [1.82, 2.24) is 10.3 Å². The first-order valence-corrected chi connectivity index (χ1v) is 17.2. The Balaban J connectivity index is 0.000000260. The number of H-pyrrole nitrogens is 1. The SMILES string of the molecule is C=NCCC.CC.CC1(C)OC23CCC4(C)C5c6[nH]c7ccccc7c6CC5CC[C@@]4(O)C2=CCC1O3.CCCNC(=O)CO. The van der Waals surface area contributed by atoms with Crippen molar-refractivity contribution < 1.29 is 24.5 Å². The van der Waals surface area contributed by atoms with Crippen molar-refractivity contribution >= 4 is 23.5 Å². The normalized spacial score (nSPS) is 32.8. The number of aromatic amines is 1. The predicted molar refractivity (Wildman–Crippen MR) is 182 cm³/mol. The second-order valence-electron chi connectivity index (χ2n) is 13.7. The number of aliphatic hydroxyl groups is 2. The molecule has 45 heavy (non-hydrogen) atoms. The van der Waals surface area contributed by atoms with Crippen LogP contribution < -0.4 is 5.32 Å². The molecule has 1 amide bonds. The number of fused-ring (bicyclic) bond motifs is 9. The van der Waals surface area contributed by atoms with Gasteiger partial charge in [0.15, 0.2) is 5.79 Å². The van der Waals surface area contributed by atoms with Crippen LogP contribution in [0.4, 0.5) is 0 Å². The number of amides is 1. The van der Waals surface area contributed by atoms with Gasteiger partial charge in [-0.25, -0.2) is 0 Å². The quantitative estimate of drug-likeness (QED) is 0.221. The molecule has 3 aliphatic carbocycles. The van der Waals surface area contributed by atoms with Gasteiger partial charge in [-0.05, 0) is 83.1 Å². The molecule has 1 saturated heterocycles. The molecule has 8 nitrogen and oxygen atoms in total. The number of rotatable bonds is 5. The second kappa shape index (κ2) is 14.1. The number of aliphatic hydroxyl groups excluding tert-OH is 1. The van der Waals surface area contributed by atoms with E-state index in [-0.39, 0.29) is 23.0 Å². The molecular formula is C37H57N3O5. The number of para-hydroxylation sites is 1. The number of benzene rings is 1. The number of hydrogen-bond acceptors (Lipinski definition) is 6. The fraction of sp³-hybridized carbons (Fsp3) is 0.676. The molecule has 0 radical (unpaired) electrons. The number of carbonyl (C=O) groups excluding carboxylic acids is 1. The van der Waals surface area contributed by atoms with Crippen molar-refractivity contribution in [2.75, 3.05) is 19.7 Å². The van der Waals surface area contributed by atoms with Crippen LogP contribution in [0.3, 0.4) is 0 Å². The molecule has 2 saturated carbocycles. The first-order chi connectivity index (χ1) is 21.5. The van der Waals surface area contributed by atoms with Gasteiger partial charge in [-0.15, -0.1) is 0 Å². The smallest absolute Gasteiger partial charge is 0.245 e. The van der Waals surface area contributed by atoms with Crippen molar-refractivity contribution in [3.8, 4) is 0 Å². The topological polar surface area (TPSA) is 116 Å². The van der Waals surface area contributed by atoms with Crippen LogP contribution in [0.5, 0.6) is 0 Å². The van der Waals surface area contributed by atoms with Crippen LogP contribution in [0.15, 0.2) is 40.9 Å². The monoisotopic (exact) mass is 623 g/mol. The zero-order valence-corrected chi connectivity index (χ0v) is 28.7. The first-order valence-electron chi connectivity index (χ1n) is 17.2. The highest BCUT2D eigenvalue weighted by Crippen LogP contribution is 2.69. The molecule has 3 heterocycles. The summed E-state index contributed by atoms with van der Waals surface area (Å²) in [5.41, 5.74) is 3.71. The summed E-state index contributed by atoms with van der Waals surface area (Å²) in [7, 11) is 0. The number of nitrogens with zero attached hydrogens (tertiary/aromatic N) is 1. The summed E-state index contributed by atoms with van der Waals surface area (Å²) < 4.78 is 13.1. The summed E-state index contributed by atoms with van der Waals surface area (Å²) in [5.74, 6) is -0.0695. The lowest BCUT2D eigenvalue weighted by Crippen LogP contribution is -2.64. The Kier molecular flexibility index (Phi) is 11.1. The van der Waals surface area contributed by atoms with Gasteiger partial charge in [0.2, 0.25) is 5.91 Å². The Hall–Kier alpha value is -2.52. The fourth-order valence-corrected chi connectivity index (χ4v) is 8.52. The van der Waals surface area contributed by atoms with Crippen LogP contribution in [0, 0.1) is 11.3 Å². The molecule has 5 unspecified atom stereocenters. The molecule has 5 aliphatic rings. The third kappa shape index (κ3) is 6.16. The summed E-state index contributed by atoms with van der Waals surface area (Å²) in [6.45, 7) is 19.1. The molecule has 8 heteroatoms. The van der Waals surface area contributed by atoms with Gasteiger partial charge in [-0.3, -0.25) is 4.79 Å². The van der Waals surface area contributed by atoms with Crippen molar-refractivity contribution in [3.05, 3.63) is 47.2 Å². The van der Waals surface area contributed by atoms with E-state index in [0.29, 0.717) is 18.4 Å². The number of carbonyl (C=O) groups is 1. The van der Waals surface area contributed by atoms with Gasteiger partial charge in [0.25, 0.3) is 0 Å². The van der Waals surface area contributed by atoms with E-state index in [1.54, 1.807) is 0 Å². The van der Waals surface area contributed by atoms with Crippen LogP contribution in [-0.2, 0) is 20.7 Å². The average Bonchev–Trinajstić information content (AvgIpc) is 3.64. The number of ether oxygens (including phenoxy) is 2. The Bertz CT molecular complexity index is 1370. The zero-order chi connectivity index (χ0) is 33.0. The van der Waals surface area contributed by atoms with E-state index in [1.807, 2.05) is 20.8 Å². The summed E-state index contributed by atoms with van der Waals surface area (Å²) >= 11 is 0. The molecule has 1 aromatic carbocycles. The van der Waals surface area contributed by atoms with Crippen LogP contribution in [0.2, 0.25) is 0 Å². The van der Waals surface area contributed by atoms with Crippen LogP contribution in [-0.4, -0.2) is 70.6 Å². The lowest BCUT2D eigenvalue weighted by atomic mass is 9.48. The lowest BCUT2D eigenvalue weighted by molar-refractivity contribution is -0.237. The molecule has 2 aliphatic heterocycles. The maximum Gasteiger partial charge on any atom is 0.245 e. The Morgan fingerprint density at radius 1 is 1.13 bits per heavy atom. The van der Waals surface area contributed by atoms with E-state index in [4.69, 9.17) is 14.6 Å². The van der Waals surface area contributed by atoms with Gasteiger partial charge in [-0.1, -0.05) is 58.9 Å². The summed E-state index contributed by atoms with van der Waals surface area (Å²) in [6, 6.07) is 8.68. The molecule has 1 spiro atoms. The maximum atomic E-state index is 12.4. The molecule has 3 fully saturated rings. The van der Waals surface area contributed by atoms with E-state index in [0.717, 1.165) is 63.5 Å². The third-order valence-electron chi connectivity index (χ3n) is 10.6. The Labute approximate surface area is 270 Å². The van der Waals surface area contributed by atoms with Gasteiger partial charge in [0.1, 0.15) is 6.61 Å². The van der Waals surface area contributed by atoms with Gasteiger partial charge in [0, 0.05) is 53.0 Å². The second-order valence-corrected chi connectivity index (χ2v) is 13.7. The van der Waals surface area contributed by atoms with Crippen LogP contribution in [0.25, 0.3) is 10.9 Å². The summed E-state index contributed by atoms with van der Waals surface area (Å²) in [6.07, 6.45) is 9.94. The number of nitrogens with one attached hydrogen (secondary N) is 2. The molecule has 7 rings (SSSR count). The molecule has 2 bridgehead atoms. The van der Waals surface area contributed by atoms with Gasteiger partial charge < -0.3 is 35.0 Å². The van der Waals surface area contributed by atoms with E-state index in [9.17, 15) is 9.90 Å². The minimum atomic E-state index is -0.878. The van der Waals surface area contributed by atoms with Gasteiger partial charge in [0.05, 0.1) is 17.3 Å². The number of hydrogen-bond donors (Lipinski definition) is 4. The summed E-state index contributed by atoms with van der Waals surface area (Å²) in [5, 5.41) is 24.4. The van der Waals surface area contributed by atoms with E-state index in [1.165, 1.54) is 22.2 Å². The highest BCUT2D eigenvalue weighted by molar-refractivity contribution is 5.85. The maximum absolute atomic E-state index is 12.4. The Morgan fingerprint density at radius 3 is 2.51 bits per heavy atom. The van der Waals surface area contributed by atoms with E-state index >= 15 is 0 Å². The van der Waals surface area contributed by atoms with Crippen LogP contribution in [0.1, 0.15) is 111 Å². The largest absolute Gasteiger partial charge is 0.387 e. The molecule has 250 valence electrons. The Morgan fingerprint density at radius 2 is 1.87 bits per heavy atom. The van der Waals surface area contributed by atoms with Gasteiger partial charge in [-0.2, -0.15) is 0 Å². The van der Waals surface area contributed by atoms with Gasteiger partial charge >= 0.3 is 0 Å². The highest BCUT2D eigenvalue weighted by Gasteiger charge is 2.71.